The van der Waals surface area contributed by atoms with Crippen LogP contribution in [0.3, 0.4) is 0 Å². The van der Waals surface area contributed by atoms with Gasteiger partial charge in [-0.05, 0) is 37.1 Å². The molecule has 3 aromatic heterocycles. The van der Waals surface area contributed by atoms with Crippen molar-refractivity contribution in [3.63, 3.8) is 0 Å². The topological polar surface area (TPSA) is 108 Å². The van der Waals surface area contributed by atoms with Crippen LogP contribution in [-0.2, 0) is 16.2 Å². The predicted octanol–water partition coefficient (Wildman–Crippen LogP) is 2.98. The number of furan rings is 1. The van der Waals surface area contributed by atoms with Gasteiger partial charge in [0.2, 0.25) is 5.09 Å². The minimum atomic E-state index is -4.58. The van der Waals surface area contributed by atoms with E-state index in [9.17, 15) is 21.6 Å². The second-order valence-corrected chi connectivity index (χ2v) is 8.34. The Labute approximate surface area is 157 Å². The zero-order valence-electron chi connectivity index (χ0n) is 14.4. The highest BCUT2D eigenvalue weighted by Crippen LogP contribution is 2.33. The molecule has 1 aliphatic heterocycles. The van der Waals surface area contributed by atoms with Gasteiger partial charge in [-0.15, -0.1) is 0 Å². The van der Waals surface area contributed by atoms with Crippen molar-refractivity contribution in [3.05, 3.63) is 41.9 Å². The first kappa shape index (κ1) is 18.7. The van der Waals surface area contributed by atoms with Crippen LogP contribution in [0.5, 0.6) is 0 Å². The summed E-state index contributed by atoms with van der Waals surface area (Å²) in [4.78, 5) is 0. The normalized spacial score (nSPS) is 17.2. The van der Waals surface area contributed by atoms with E-state index < -0.39 is 21.9 Å². The number of hydrogen-bond donors (Lipinski definition) is 2. The van der Waals surface area contributed by atoms with Gasteiger partial charge in [-0.2, -0.15) is 27.7 Å². The molecule has 1 fully saturated rings. The molecule has 4 rings (SSSR count). The fraction of sp³-hybridized carbons (Fsp3) is 0.375. The molecule has 8 nitrogen and oxygen atoms in total. The van der Waals surface area contributed by atoms with E-state index in [1.54, 1.807) is 6.20 Å². The van der Waals surface area contributed by atoms with E-state index in [0.29, 0.717) is 25.9 Å². The van der Waals surface area contributed by atoms with Gasteiger partial charge >= 0.3 is 6.18 Å². The van der Waals surface area contributed by atoms with E-state index in [1.165, 1.54) is 16.4 Å². The average Bonchev–Trinajstić information content (AvgIpc) is 3.42. The van der Waals surface area contributed by atoms with Crippen molar-refractivity contribution in [1.82, 2.24) is 24.7 Å². The van der Waals surface area contributed by atoms with Crippen molar-refractivity contribution in [2.24, 2.45) is 0 Å². The summed E-state index contributed by atoms with van der Waals surface area (Å²) < 4.78 is 70.2. The van der Waals surface area contributed by atoms with Crippen LogP contribution in [0, 0.1) is 0 Å². The molecule has 150 valence electrons. The molecule has 0 aliphatic carbocycles. The van der Waals surface area contributed by atoms with Gasteiger partial charge in [0, 0.05) is 30.9 Å². The van der Waals surface area contributed by atoms with Crippen LogP contribution >= 0.6 is 0 Å². The van der Waals surface area contributed by atoms with Crippen molar-refractivity contribution in [3.8, 4) is 11.5 Å². The number of H-pyrrole nitrogens is 2. The van der Waals surface area contributed by atoms with Gasteiger partial charge in [0.05, 0.1) is 0 Å². The van der Waals surface area contributed by atoms with Gasteiger partial charge in [-0.1, -0.05) is 0 Å². The first-order chi connectivity index (χ1) is 13.2. The minimum Gasteiger partial charge on any atom is -0.442 e. The van der Waals surface area contributed by atoms with Gasteiger partial charge in [0.25, 0.3) is 10.0 Å². The first-order valence-electron chi connectivity index (χ1n) is 8.47. The van der Waals surface area contributed by atoms with E-state index >= 15 is 0 Å². The van der Waals surface area contributed by atoms with Crippen molar-refractivity contribution < 1.29 is 26.0 Å². The Balaban J connectivity index is 1.49. The van der Waals surface area contributed by atoms with Gasteiger partial charge < -0.3 is 4.42 Å². The lowest BCUT2D eigenvalue weighted by molar-refractivity contribution is -0.141. The van der Waals surface area contributed by atoms with Crippen LogP contribution < -0.4 is 0 Å². The van der Waals surface area contributed by atoms with Crippen LogP contribution in [0.25, 0.3) is 11.5 Å². The summed E-state index contributed by atoms with van der Waals surface area (Å²) in [6.07, 6.45) is -1.67. The number of hydrogen-bond acceptors (Lipinski definition) is 5. The molecule has 1 aliphatic rings. The molecule has 0 bridgehead atoms. The number of aromatic amines is 2. The second kappa shape index (κ2) is 6.78. The van der Waals surface area contributed by atoms with Crippen molar-refractivity contribution >= 4 is 10.0 Å². The lowest BCUT2D eigenvalue weighted by atomic mass is 9.95. The fourth-order valence-corrected chi connectivity index (χ4v) is 4.60. The Hall–Kier alpha value is -2.60. The van der Waals surface area contributed by atoms with Crippen molar-refractivity contribution in [1.29, 1.82) is 0 Å². The summed E-state index contributed by atoms with van der Waals surface area (Å²) >= 11 is 0. The highest BCUT2D eigenvalue weighted by molar-refractivity contribution is 7.89. The van der Waals surface area contributed by atoms with Crippen LogP contribution in [0.2, 0.25) is 0 Å². The van der Waals surface area contributed by atoms with E-state index in [0.717, 1.165) is 11.8 Å². The minimum absolute atomic E-state index is 0.0577. The third kappa shape index (κ3) is 3.44. The fourth-order valence-electron chi connectivity index (χ4n) is 3.22. The van der Waals surface area contributed by atoms with Crippen LogP contribution in [0.1, 0.15) is 30.1 Å². The lowest BCUT2D eigenvalue weighted by Gasteiger charge is -2.29. The molecule has 12 heteroatoms. The third-order valence-electron chi connectivity index (χ3n) is 4.73. The molecule has 4 heterocycles. The number of rotatable bonds is 4. The summed E-state index contributed by atoms with van der Waals surface area (Å²) in [5, 5.41) is 11.9. The van der Waals surface area contributed by atoms with Crippen LogP contribution in [0.15, 0.2) is 40.0 Å². The molecule has 0 aromatic carbocycles. The van der Waals surface area contributed by atoms with E-state index in [2.05, 4.69) is 15.3 Å². The molecule has 0 spiro atoms. The number of sulfonamides is 1. The quantitative estimate of drug-likeness (QED) is 0.681. The number of halogens is 3. The first-order valence-corrected chi connectivity index (χ1v) is 9.91. The maximum Gasteiger partial charge on any atom is 0.432 e. The molecule has 0 saturated carbocycles. The van der Waals surface area contributed by atoms with Crippen molar-refractivity contribution in [2.45, 2.75) is 30.0 Å². The molecule has 0 radical (unpaired) electrons. The van der Waals surface area contributed by atoms with Crippen LogP contribution in [-0.4, -0.2) is 46.2 Å². The highest BCUT2D eigenvalue weighted by Gasteiger charge is 2.35. The number of aromatic nitrogens is 4. The number of piperidine rings is 1. The van der Waals surface area contributed by atoms with Gasteiger partial charge in [-0.25, -0.2) is 8.42 Å². The molecular formula is C16H16F3N5O3S. The molecule has 1 saturated heterocycles. The third-order valence-corrected chi connectivity index (χ3v) is 6.50. The summed E-state index contributed by atoms with van der Waals surface area (Å²) in [6, 6.07) is 5.16. The van der Waals surface area contributed by atoms with E-state index in [1.807, 2.05) is 11.2 Å². The zero-order valence-corrected chi connectivity index (χ0v) is 15.2. The number of nitrogens with one attached hydrogen (secondary N) is 2. The zero-order chi connectivity index (χ0) is 19.9. The summed E-state index contributed by atoms with van der Waals surface area (Å²) in [5.74, 6) is 0.142. The molecular weight excluding hydrogens is 399 g/mol. The Bertz CT molecular complexity index is 1050. The van der Waals surface area contributed by atoms with Gasteiger partial charge in [-0.3, -0.25) is 10.2 Å². The Kier molecular flexibility index (Phi) is 4.54. The monoisotopic (exact) mass is 415 g/mol. The average molecular weight is 415 g/mol. The SMILES string of the molecule is O=S(=O)(c1ccc(-c2cc(C(F)(F)F)[nH]n2)o1)N1CCC(c2ccn[nH]2)CC1. The second-order valence-electron chi connectivity index (χ2n) is 6.47. The largest absolute Gasteiger partial charge is 0.442 e. The van der Waals surface area contributed by atoms with Crippen molar-refractivity contribution in [2.75, 3.05) is 13.1 Å². The van der Waals surface area contributed by atoms with Gasteiger partial charge in [0.15, 0.2) is 5.76 Å². The lowest BCUT2D eigenvalue weighted by Crippen LogP contribution is -2.37. The number of alkyl halides is 3. The maximum atomic E-state index is 12.8. The standard InChI is InChI=1S/C16H16F3N5O3S/c17-16(18,19)14-9-12(22-23-14)13-1-2-15(27-13)28(25,26)24-7-4-10(5-8-24)11-3-6-20-21-11/h1-3,6,9-10H,4-5,7-8H2,(H,20,21)(H,22,23). The molecule has 0 unspecified atom stereocenters. The maximum absolute atomic E-state index is 12.8. The molecule has 3 aromatic rings. The number of nitrogens with zero attached hydrogens (tertiary/aromatic N) is 3. The smallest absolute Gasteiger partial charge is 0.432 e. The van der Waals surface area contributed by atoms with E-state index in [-0.39, 0.29) is 22.5 Å². The molecule has 0 amide bonds. The Morgan fingerprint density at radius 3 is 2.50 bits per heavy atom. The van der Waals surface area contributed by atoms with Gasteiger partial charge in [0.1, 0.15) is 11.4 Å². The summed E-state index contributed by atoms with van der Waals surface area (Å²) in [7, 11) is -3.88. The predicted molar refractivity (Wildman–Crippen MR) is 90.6 cm³/mol. The molecule has 2 N–H and O–H groups in total. The van der Waals surface area contributed by atoms with Crippen LogP contribution in [0.4, 0.5) is 13.2 Å². The Morgan fingerprint density at radius 1 is 1.14 bits per heavy atom. The van der Waals surface area contributed by atoms with E-state index in [4.69, 9.17) is 4.42 Å². The summed E-state index contributed by atoms with van der Waals surface area (Å²) in [5.41, 5.74) is -0.188. The Morgan fingerprint density at radius 2 is 1.89 bits per heavy atom. The summed E-state index contributed by atoms with van der Waals surface area (Å²) in [6.45, 7) is 0.616. The highest BCUT2D eigenvalue weighted by atomic mass is 32.2. The molecule has 0 atom stereocenters. The molecule has 28 heavy (non-hydrogen) atoms.